The number of hydrogen-bond donors (Lipinski definition) is 2. The van der Waals surface area contributed by atoms with Crippen LogP contribution < -0.4 is 14.8 Å². The van der Waals surface area contributed by atoms with E-state index in [4.69, 9.17) is 21.1 Å². The predicted octanol–water partition coefficient (Wildman–Crippen LogP) is 4.72. The van der Waals surface area contributed by atoms with Gasteiger partial charge in [-0.05, 0) is 18.1 Å². The van der Waals surface area contributed by atoms with E-state index in [0.717, 1.165) is 12.5 Å². The van der Waals surface area contributed by atoms with Crippen molar-refractivity contribution in [2.75, 3.05) is 13.7 Å². The van der Waals surface area contributed by atoms with Gasteiger partial charge in [-0.2, -0.15) is 0 Å². The summed E-state index contributed by atoms with van der Waals surface area (Å²) in [6, 6.07) is 11.8. The van der Waals surface area contributed by atoms with E-state index in [1.165, 1.54) is 7.05 Å². The smallest absolute Gasteiger partial charge is 0.251 e. The molecule has 2 aliphatic heterocycles. The fourth-order valence-corrected chi connectivity index (χ4v) is 5.43. The zero-order chi connectivity index (χ0) is 23.8. The van der Waals surface area contributed by atoms with Crippen molar-refractivity contribution in [1.82, 2.24) is 5.32 Å². The zero-order valence-electron chi connectivity index (χ0n) is 18.1. The normalized spacial score (nSPS) is 23.4. The largest absolute Gasteiger partial charge is 0.486 e. The Kier molecular flexibility index (Phi) is 4.66. The van der Waals surface area contributed by atoms with E-state index >= 15 is 8.78 Å². The molecule has 2 heterocycles. The number of rotatable bonds is 4. The number of amides is 1. The van der Waals surface area contributed by atoms with Gasteiger partial charge in [0, 0.05) is 47.7 Å². The summed E-state index contributed by atoms with van der Waals surface area (Å²) in [5.41, 5.74) is 0.479. The van der Waals surface area contributed by atoms with Crippen LogP contribution in [0.3, 0.4) is 0 Å². The maximum atomic E-state index is 16.0. The minimum Gasteiger partial charge on any atom is -0.486 e. The van der Waals surface area contributed by atoms with Crippen LogP contribution in [-0.4, -0.2) is 30.8 Å². The van der Waals surface area contributed by atoms with Gasteiger partial charge in [0.2, 0.25) is 0 Å². The summed E-state index contributed by atoms with van der Waals surface area (Å²) in [5, 5.41) is 12.5. The number of aliphatic hydroxyl groups is 1. The molecule has 174 valence electrons. The van der Waals surface area contributed by atoms with Gasteiger partial charge in [0.15, 0.2) is 17.2 Å². The number of halogens is 3. The molecule has 0 saturated heterocycles. The first kappa shape index (κ1) is 21.4. The van der Waals surface area contributed by atoms with Crippen LogP contribution in [0.2, 0.25) is 5.02 Å². The highest BCUT2D eigenvalue weighted by Gasteiger charge is 2.51. The molecule has 1 amide bonds. The van der Waals surface area contributed by atoms with Crippen molar-refractivity contribution in [2.24, 2.45) is 0 Å². The van der Waals surface area contributed by atoms with Gasteiger partial charge in [-0.15, -0.1) is 0 Å². The molecule has 2 N–H and O–H groups in total. The highest BCUT2D eigenvalue weighted by atomic mass is 35.5. The molecule has 5 nitrogen and oxygen atoms in total. The molecule has 3 aliphatic rings. The summed E-state index contributed by atoms with van der Waals surface area (Å²) in [5.74, 6) is -1.82. The predicted molar refractivity (Wildman–Crippen MR) is 122 cm³/mol. The van der Waals surface area contributed by atoms with Crippen molar-refractivity contribution < 1.29 is 28.2 Å². The lowest BCUT2D eigenvalue weighted by atomic mass is 9.85. The molecule has 34 heavy (non-hydrogen) atoms. The van der Waals surface area contributed by atoms with E-state index in [1.54, 1.807) is 30.3 Å². The Morgan fingerprint density at radius 1 is 1.24 bits per heavy atom. The number of aliphatic hydroxyl groups excluding tert-OH is 1. The summed E-state index contributed by atoms with van der Waals surface area (Å²) in [6.45, 7) is -0.397. The summed E-state index contributed by atoms with van der Waals surface area (Å²) < 4.78 is 42.9. The monoisotopic (exact) mass is 483 g/mol. The second-order valence-electron chi connectivity index (χ2n) is 8.93. The standard InChI is InChI=1S/C26H20ClF2NO4/c1-30-25(32)15-7-14-13-8-18(13)33-24(14)23(29)21(15)20-16-10-26(11-31,12-5-3-2-4-6-12)34-19(16)9-17(28)22(20)27/h2-7,9,13,18,31H,8,10-11H2,1H3,(H,30,32)/t13?,18?,26-/m1/s1. The van der Waals surface area contributed by atoms with Crippen LogP contribution in [0.4, 0.5) is 8.78 Å². The number of benzene rings is 3. The lowest BCUT2D eigenvalue weighted by molar-refractivity contribution is 0.0246. The molecular formula is C26H20ClF2NO4. The van der Waals surface area contributed by atoms with Gasteiger partial charge >= 0.3 is 0 Å². The van der Waals surface area contributed by atoms with E-state index in [0.29, 0.717) is 16.7 Å². The molecule has 6 rings (SSSR count). The minimum atomic E-state index is -1.20. The first-order valence-electron chi connectivity index (χ1n) is 11.0. The molecule has 0 spiro atoms. The van der Waals surface area contributed by atoms with Crippen molar-refractivity contribution in [3.63, 3.8) is 0 Å². The van der Waals surface area contributed by atoms with Gasteiger partial charge < -0.3 is 19.9 Å². The highest BCUT2D eigenvalue weighted by Crippen LogP contribution is 2.57. The van der Waals surface area contributed by atoms with Crippen LogP contribution in [0.15, 0.2) is 42.5 Å². The molecule has 0 aromatic heterocycles. The second-order valence-corrected chi connectivity index (χ2v) is 9.31. The number of fused-ring (bicyclic) bond motifs is 4. The summed E-state index contributed by atoms with van der Waals surface area (Å²) >= 11 is 6.44. The van der Waals surface area contributed by atoms with Crippen molar-refractivity contribution in [3.05, 3.63) is 81.4 Å². The molecule has 1 saturated carbocycles. The average Bonchev–Trinajstić information content (AvgIpc) is 3.38. The number of carbonyl (C=O) groups excluding carboxylic acids is 1. The Balaban J connectivity index is 1.60. The van der Waals surface area contributed by atoms with Crippen molar-refractivity contribution in [2.45, 2.75) is 30.5 Å². The van der Waals surface area contributed by atoms with E-state index in [9.17, 15) is 9.90 Å². The fourth-order valence-electron chi connectivity index (χ4n) is 5.17. The van der Waals surface area contributed by atoms with Gasteiger partial charge in [-0.3, -0.25) is 4.79 Å². The van der Waals surface area contributed by atoms with E-state index in [-0.39, 0.29) is 51.7 Å². The Morgan fingerprint density at radius 2 is 2.00 bits per heavy atom. The topological polar surface area (TPSA) is 67.8 Å². The lowest BCUT2D eigenvalue weighted by Crippen LogP contribution is -2.35. The molecule has 1 fully saturated rings. The lowest BCUT2D eigenvalue weighted by Gasteiger charge is -2.27. The van der Waals surface area contributed by atoms with Crippen molar-refractivity contribution >= 4 is 17.5 Å². The molecule has 3 atom stereocenters. The van der Waals surface area contributed by atoms with Gasteiger partial charge in [0.05, 0.1) is 17.2 Å². The molecule has 0 radical (unpaired) electrons. The summed E-state index contributed by atoms with van der Waals surface area (Å²) in [7, 11) is 1.45. The molecule has 3 aromatic carbocycles. The SMILES string of the molecule is CNC(=O)c1cc2c(c(F)c1-c1c(Cl)c(F)cc3c1C[C@@](CO)(c1ccccc1)O3)OC1CC21. The maximum absolute atomic E-state index is 16.0. The van der Waals surface area contributed by atoms with Crippen LogP contribution in [0.5, 0.6) is 11.5 Å². The second kappa shape index (κ2) is 7.42. The van der Waals surface area contributed by atoms with Gasteiger partial charge in [0.25, 0.3) is 5.91 Å². The quantitative estimate of drug-likeness (QED) is 0.563. The molecule has 8 heteroatoms. The zero-order valence-corrected chi connectivity index (χ0v) is 18.9. The summed E-state index contributed by atoms with van der Waals surface area (Å²) in [4.78, 5) is 12.9. The van der Waals surface area contributed by atoms with Crippen molar-refractivity contribution in [3.8, 4) is 22.6 Å². The van der Waals surface area contributed by atoms with Crippen LogP contribution in [0.25, 0.3) is 11.1 Å². The van der Waals surface area contributed by atoms with E-state index in [2.05, 4.69) is 5.32 Å². The van der Waals surface area contributed by atoms with Crippen molar-refractivity contribution in [1.29, 1.82) is 0 Å². The van der Waals surface area contributed by atoms with Gasteiger partial charge in [0.1, 0.15) is 17.7 Å². The first-order valence-corrected chi connectivity index (χ1v) is 11.4. The number of ether oxygens (including phenoxy) is 2. The number of carbonyl (C=O) groups is 1. The van der Waals surface area contributed by atoms with E-state index in [1.807, 2.05) is 6.07 Å². The Hall–Kier alpha value is -3.16. The van der Waals surface area contributed by atoms with Gasteiger partial charge in [-0.25, -0.2) is 8.78 Å². The fraction of sp³-hybridized carbons (Fsp3) is 0.269. The Bertz CT molecular complexity index is 1360. The highest BCUT2D eigenvalue weighted by molar-refractivity contribution is 6.34. The molecule has 0 bridgehead atoms. The van der Waals surface area contributed by atoms with Crippen LogP contribution >= 0.6 is 11.6 Å². The Labute approximate surface area is 199 Å². The van der Waals surface area contributed by atoms with Crippen LogP contribution in [-0.2, 0) is 12.0 Å². The molecule has 3 aromatic rings. The number of nitrogens with one attached hydrogen (secondary N) is 1. The minimum absolute atomic E-state index is 0.0333. The average molecular weight is 484 g/mol. The third-order valence-corrected chi connectivity index (χ3v) is 7.35. The van der Waals surface area contributed by atoms with Crippen LogP contribution in [0, 0.1) is 11.6 Å². The Morgan fingerprint density at radius 3 is 2.71 bits per heavy atom. The third kappa shape index (κ3) is 2.90. The van der Waals surface area contributed by atoms with E-state index < -0.39 is 29.7 Å². The van der Waals surface area contributed by atoms with Crippen LogP contribution in [0.1, 0.15) is 39.4 Å². The first-order chi connectivity index (χ1) is 16.4. The number of hydrogen-bond acceptors (Lipinski definition) is 4. The molecule has 1 aliphatic carbocycles. The summed E-state index contributed by atoms with van der Waals surface area (Å²) in [6.07, 6.45) is 0.780. The van der Waals surface area contributed by atoms with Gasteiger partial charge in [-0.1, -0.05) is 41.9 Å². The third-order valence-electron chi connectivity index (χ3n) is 6.98. The molecular weight excluding hydrogens is 464 g/mol. The molecule has 2 unspecified atom stereocenters. The maximum Gasteiger partial charge on any atom is 0.251 e.